The van der Waals surface area contributed by atoms with Gasteiger partial charge >= 0.3 is 0 Å². The van der Waals surface area contributed by atoms with Gasteiger partial charge in [0.15, 0.2) is 0 Å². The van der Waals surface area contributed by atoms with Crippen LogP contribution in [0.25, 0.3) is 0 Å². The van der Waals surface area contributed by atoms with Crippen molar-refractivity contribution in [2.24, 2.45) is 0 Å². The highest BCUT2D eigenvalue weighted by Gasteiger charge is 2.01. The number of hydrogen-bond donors (Lipinski definition) is 1. The zero-order chi connectivity index (χ0) is 26.5. The van der Waals surface area contributed by atoms with Crippen molar-refractivity contribution in [3.05, 3.63) is 77.3 Å². The van der Waals surface area contributed by atoms with Gasteiger partial charge in [-0.25, -0.2) is 4.98 Å². The van der Waals surface area contributed by atoms with E-state index in [1.807, 2.05) is 104 Å². The monoisotopic (exact) mass is 476 g/mol. The molecule has 1 heterocycles. The molecule has 0 aliphatic rings. The van der Waals surface area contributed by atoms with E-state index in [1.54, 1.807) is 6.92 Å². The van der Waals surface area contributed by atoms with E-state index in [0.29, 0.717) is 11.8 Å². The Kier molecular flexibility index (Phi) is 36.4. The molecule has 33 heavy (non-hydrogen) atoms. The number of nitrogens with zero attached hydrogens (tertiary/aromatic N) is 3. The quantitative estimate of drug-likeness (QED) is 0.399. The van der Waals surface area contributed by atoms with Crippen LogP contribution in [0.2, 0.25) is 5.28 Å². The predicted octanol–water partition coefficient (Wildman–Crippen LogP) is 10.1. The summed E-state index contributed by atoms with van der Waals surface area (Å²) in [6.07, 6.45) is 1.25. The minimum Gasteiger partial charge on any atom is -0.324 e. The third-order valence-corrected chi connectivity index (χ3v) is 2.86. The Labute approximate surface area is 210 Å². The van der Waals surface area contributed by atoms with Crippen molar-refractivity contribution in [3.8, 4) is 0 Å². The number of rotatable bonds is 2. The Morgan fingerprint density at radius 2 is 1.03 bits per heavy atom. The van der Waals surface area contributed by atoms with Crippen LogP contribution < -0.4 is 5.32 Å². The Balaban J connectivity index is -0.000000196. The summed E-state index contributed by atoms with van der Waals surface area (Å²) in [4.78, 5) is 12.0. The summed E-state index contributed by atoms with van der Waals surface area (Å²) in [5.74, 6) is 1.05. The largest absolute Gasteiger partial charge is 0.324 e. The molecule has 0 unspecified atom stereocenters. The van der Waals surface area contributed by atoms with E-state index in [4.69, 9.17) is 11.6 Å². The lowest BCUT2D eigenvalue weighted by Gasteiger charge is -2.04. The Morgan fingerprint density at radius 3 is 1.36 bits per heavy atom. The first kappa shape index (κ1) is 37.8. The summed E-state index contributed by atoms with van der Waals surface area (Å²) < 4.78 is 0. The second-order valence-corrected chi connectivity index (χ2v) is 5.67. The van der Waals surface area contributed by atoms with Crippen molar-refractivity contribution in [1.82, 2.24) is 15.0 Å². The summed E-state index contributed by atoms with van der Waals surface area (Å²) in [5, 5.41) is 3.23. The number of nitrogens with one attached hydrogen (secondary N) is 1. The average molecular weight is 477 g/mol. The molecule has 0 spiro atoms. The predicted molar refractivity (Wildman–Crippen MR) is 152 cm³/mol. The van der Waals surface area contributed by atoms with E-state index in [0.717, 1.165) is 5.69 Å². The molecule has 0 atom stereocenters. The van der Waals surface area contributed by atoms with Crippen LogP contribution in [0, 0.1) is 13.8 Å². The number of halogens is 1. The number of aromatic nitrogens is 3. The molecule has 0 radical (unpaired) electrons. The lowest BCUT2D eigenvalue weighted by Crippen LogP contribution is -2.00. The molecule has 0 bridgehead atoms. The highest BCUT2D eigenvalue weighted by molar-refractivity contribution is 6.28. The van der Waals surface area contributed by atoms with Gasteiger partial charge in [-0.05, 0) is 37.6 Å². The highest BCUT2D eigenvalue weighted by atomic mass is 35.5. The maximum atomic E-state index is 5.71. The van der Waals surface area contributed by atoms with Crippen LogP contribution in [0.15, 0.2) is 60.7 Å². The first-order valence-corrected chi connectivity index (χ1v) is 12.6. The number of benzene rings is 2. The van der Waals surface area contributed by atoms with Gasteiger partial charge in [-0.3, -0.25) is 0 Å². The smallest absolute Gasteiger partial charge is 0.231 e. The van der Waals surface area contributed by atoms with E-state index in [-0.39, 0.29) is 5.28 Å². The van der Waals surface area contributed by atoms with E-state index in [1.165, 1.54) is 12.0 Å². The van der Waals surface area contributed by atoms with Crippen LogP contribution in [0.3, 0.4) is 0 Å². The van der Waals surface area contributed by atoms with Gasteiger partial charge < -0.3 is 5.32 Å². The molecule has 2 aromatic carbocycles. The lowest BCUT2D eigenvalue weighted by molar-refractivity contribution is 0.982. The molecule has 0 aliphatic heterocycles. The third-order valence-electron chi connectivity index (χ3n) is 2.69. The molecule has 188 valence electrons. The second kappa shape index (κ2) is 31.7. The molecule has 0 aliphatic carbocycles. The van der Waals surface area contributed by atoms with Crippen molar-refractivity contribution < 1.29 is 0 Å². The Bertz CT molecular complexity index is 700. The maximum Gasteiger partial charge on any atom is 0.231 e. The summed E-state index contributed by atoms with van der Waals surface area (Å²) in [6.45, 7) is 24.1. The SMILES string of the molecule is CC.CC.CC.CC.CCC.Cc1ccccc1.Cc1nc(Cl)nc(Nc2ccccc2)n1. The zero-order valence-corrected chi connectivity index (χ0v) is 24.0. The van der Waals surface area contributed by atoms with Crippen molar-refractivity contribution in [2.75, 3.05) is 5.32 Å². The van der Waals surface area contributed by atoms with Gasteiger partial charge in [0, 0.05) is 5.69 Å². The van der Waals surface area contributed by atoms with Crippen LogP contribution >= 0.6 is 11.6 Å². The van der Waals surface area contributed by atoms with E-state index in [9.17, 15) is 0 Å². The maximum absolute atomic E-state index is 5.71. The molecule has 0 saturated heterocycles. The van der Waals surface area contributed by atoms with Gasteiger partial charge in [-0.2, -0.15) is 9.97 Å². The summed E-state index contributed by atoms with van der Waals surface area (Å²) >= 11 is 5.71. The van der Waals surface area contributed by atoms with Gasteiger partial charge in [0.05, 0.1) is 0 Å². The molecule has 0 amide bonds. The zero-order valence-electron chi connectivity index (χ0n) is 23.2. The molecule has 0 fully saturated rings. The van der Waals surface area contributed by atoms with E-state index < -0.39 is 0 Å². The number of hydrogen-bond acceptors (Lipinski definition) is 4. The molecule has 1 N–H and O–H groups in total. The first-order chi connectivity index (χ1) is 16.0. The van der Waals surface area contributed by atoms with Crippen LogP contribution in [-0.2, 0) is 0 Å². The molecule has 3 aromatic rings. The average Bonchev–Trinajstić information content (AvgIpc) is 2.86. The minimum atomic E-state index is 0.195. The van der Waals surface area contributed by atoms with Gasteiger partial charge in [0.2, 0.25) is 11.2 Å². The van der Waals surface area contributed by atoms with Gasteiger partial charge in [-0.15, -0.1) is 0 Å². The van der Waals surface area contributed by atoms with Crippen LogP contribution in [0.4, 0.5) is 11.6 Å². The van der Waals surface area contributed by atoms with Crippen molar-refractivity contribution in [2.45, 2.75) is 89.5 Å². The van der Waals surface area contributed by atoms with Crippen molar-refractivity contribution in [3.63, 3.8) is 0 Å². The van der Waals surface area contributed by atoms with Gasteiger partial charge in [-0.1, -0.05) is 130 Å². The fourth-order valence-corrected chi connectivity index (χ4v) is 1.89. The van der Waals surface area contributed by atoms with Crippen molar-refractivity contribution >= 4 is 23.2 Å². The Morgan fingerprint density at radius 1 is 0.636 bits per heavy atom. The third kappa shape index (κ3) is 25.7. The molecular formula is C28H49ClN4. The molecular weight excluding hydrogens is 428 g/mol. The fourth-order valence-electron chi connectivity index (χ4n) is 1.69. The van der Waals surface area contributed by atoms with Crippen LogP contribution in [0.1, 0.15) is 87.0 Å². The number of aryl methyl sites for hydroxylation is 2. The van der Waals surface area contributed by atoms with Crippen LogP contribution in [-0.4, -0.2) is 15.0 Å². The second-order valence-electron chi connectivity index (χ2n) is 5.33. The molecule has 0 saturated carbocycles. The first-order valence-electron chi connectivity index (χ1n) is 12.3. The summed E-state index contributed by atoms with van der Waals surface area (Å²) in [6, 6.07) is 19.9. The standard InChI is InChI=1S/C10H9ClN4.C7H8.C3H8.4C2H6/c1-7-12-9(11)15-10(13-7)14-8-5-3-2-4-6-8;1-7-5-3-2-4-6-7;1-3-2;4*1-2/h2-6H,1H3,(H,12,13,14,15);2-6H,1H3;3H2,1-2H3;4*1-2H3. The summed E-state index contributed by atoms with van der Waals surface area (Å²) in [7, 11) is 0. The minimum absolute atomic E-state index is 0.195. The van der Waals surface area contributed by atoms with Gasteiger partial charge in [0.25, 0.3) is 0 Å². The lowest BCUT2D eigenvalue weighted by atomic mass is 10.2. The topological polar surface area (TPSA) is 50.7 Å². The van der Waals surface area contributed by atoms with Crippen molar-refractivity contribution in [1.29, 1.82) is 0 Å². The molecule has 3 rings (SSSR count). The molecule has 1 aromatic heterocycles. The van der Waals surface area contributed by atoms with E-state index >= 15 is 0 Å². The number of para-hydroxylation sites is 1. The number of anilines is 2. The van der Waals surface area contributed by atoms with Crippen LogP contribution in [0.5, 0.6) is 0 Å². The molecule has 4 nitrogen and oxygen atoms in total. The van der Waals surface area contributed by atoms with Gasteiger partial charge in [0.1, 0.15) is 5.82 Å². The Hall–Kier alpha value is -2.46. The summed E-state index contributed by atoms with van der Waals surface area (Å²) in [5.41, 5.74) is 2.24. The fraction of sp³-hybridized carbons (Fsp3) is 0.464. The normalized spacial score (nSPS) is 7.67. The highest BCUT2D eigenvalue weighted by Crippen LogP contribution is 2.13. The molecule has 5 heteroatoms. The van der Waals surface area contributed by atoms with E-state index in [2.05, 4.69) is 53.2 Å².